The summed E-state index contributed by atoms with van der Waals surface area (Å²) in [6, 6.07) is 11.8. The summed E-state index contributed by atoms with van der Waals surface area (Å²) in [5, 5.41) is 17.5. The van der Waals surface area contributed by atoms with Crippen LogP contribution in [0.1, 0.15) is 25.7 Å². The number of aliphatic hydroxyl groups is 1. The summed E-state index contributed by atoms with van der Waals surface area (Å²) in [6.45, 7) is 0. The molecule has 2 aromatic rings. The van der Waals surface area contributed by atoms with Crippen LogP contribution in [0.4, 0.5) is 10.5 Å². The number of amides is 2. The molecule has 0 unspecified atom stereocenters. The van der Waals surface area contributed by atoms with Crippen LogP contribution >= 0.6 is 11.3 Å². The van der Waals surface area contributed by atoms with Gasteiger partial charge in [0.05, 0.1) is 11.8 Å². The van der Waals surface area contributed by atoms with Crippen LogP contribution in [-0.2, 0) is 0 Å². The molecule has 2 amide bonds. The average Bonchev–Trinajstić information content (AvgIpc) is 3.04. The van der Waals surface area contributed by atoms with Crippen molar-refractivity contribution in [1.29, 1.82) is 0 Å². The van der Waals surface area contributed by atoms with E-state index in [9.17, 15) is 9.90 Å². The fourth-order valence-electron chi connectivity index (χ4n) is 2.80. The second-order valence-corrected chi connectivity index (χ2v) is 6.57. The number of para-hydroxylation sites is 1. The van der Waals surface area contributed by atoms with Crippen LogP contribution in [0.3, 0.4) is 0 Å². The molecule has 4 nitrogen and oxygen atoms in total. The fraction of sp³-hybridized carbons (Fsp3) is 0.353. The summed E-state index contributed by atoms with van der Waals surface area (Å²) in [7, 11) is 0. The Bertz CT molecular complexity index is 619. The first-order valence-corrected chi connectivity index (χ1v) is 8.49. The van der Waals surface area contributed by atoms with Gasteiger partial charge in [0.15, 0.2) is 0 Å². The highest BCUT2D eigenvalue weighted by Crippen LogP contribution is 2.31. The molecule has 3 rings (SSSR count). The standard InChI is InChI=1S/C17H20N2O2S/c20-13-9-7-12(8-10-13)18-17(21)19-15-5-2-1-4-14(15)16-6-3-11-22-16/h1-6,11-13,20H,7-10H2,(H2,18,19,21). The zero-order chi connectivity index (χ0) is 15.4. The first kappa shape index (κ1) is 15.1. The van der Waals surface area contributed by atoms with E-state index in [1.807, 2.05) is 41.8 Å². The van der Waals surface area contributed by atoms with E-state index in [0.29, 0.717) is 0 Å². The predicted molar refractivity (Wildman–Crippen MR) is 90.2 cm³/mol. The van der Waals surface area contributed by atoms with Gasteiger partial charge in [0, 0.05) is 16.5 Å². The molecule has 0 radical (unpaired) electrons. The number of anilines is 1. The van der Waals surface area contributed by atoms with E-state index in [4.69, 9.17) is 0 Å². The van der Waals surface area contributed by atoms with Crippen molar-refractivity contribution in [2.75, 3.05) is 5.32 Å². The van der Waals surface area contributed by atoms with Crippen molar-refractivity contribution in [1.82, 2.24) is 5.32 Å². The summed E-state index contributed by atoms with van der Waals surface area (Å²) < 4.78 is 0. The SMILES string of the molecule is O=C(Nc1ccccc1-c1cccs1)NC1CCC(O)CC1. The molecule has 116 valence electrons. The molecular weight excluding hydrogens is 296 g/mol. The monoisotopic (exact) mass is 316 g/mol. The molecule has 1 fully saturated rings. The molecule has 1 aromatic carbocycles. The van der Waals surface area contributed by atoms with Crippen LogP contribution in [0.25, 0.3) is 10.4 Å². The maximum atomic E-state index is 12.2. The lowest BCUT2D eigenvalue weighted by Crippen LogP contribution is -2.40. The molecule has 1 aliphatic carbocycles. The Labute approximate surface area is 134 Å². The lowest BCUT2D eigenvalue weighted by atomic mass is 9.93. The summed E-state index contributed by atoms with van der Waals surface area (Å²) in [6.07, 6.45) is 2.98. The number of hydrogen-bond acceptors (Lipinski definition) is 3. The minimum absolute atomic E-state index is 0.150. The van der Waals surface area contributed by atoms with E-state index < -0.39 is 0 Å². The molecule has 1 aromatic heterocycles. The normalized spacial score (nSPS) is 21.3. The molecule has 3 N–H and O–H groups in total. The van der Waals surface area contributed by atoms with Crippen molar-refractivity contribution in [2.24, 2.45) is 0 Å². The van der Waals surface area contributed by atoms with E-state index in [1.54, 1.807) is 11.3 Å². The van der Waals surface area contributed by atoms with E-state index in [1.165, 1.54) is 0 Å². The fourth-order valence-corrected chi connectivity index (χ4v) is 3.57. The van der Waals surface area contributed by atoms with E-state index in [0.717, 1.165) is 41.8 Å². The van der Waals surface area contributed by atoms with E-state index in [-0.39, 0.29) is 18.2 Å². The third-order valence-corrected chi connectivity index (χ3v) is 4.90. The minimum Gasteiger partial charge on any atom is -0.393 e. The van der Waals surface area contributed by atoms with Gasteiger partial charge in [-0.15, -0.1) is 11.3 Å². The zero-order valence-electron chi connectivity index (χ0n) is 12.3. The second kappa shape index (κ2) is 6.94. The molecular formula is C17H20N2O2S. The van der Waals surface area contributed by atoms with Gasteiger partial charge in [-0.2, -0.15) is 0 Å². The number of rotatable bonds is 3. The largest absolute Gasteiger partial charge is 0.393 e. The number of urea groups is 1. The maximum absolute atomic E-state index is 12.2. The van der Waals surface area contributed by atoms with Crippen molar-refractivity contribution in [2.45, 2.75) is 37.8 Å². The van der Waals surface area contributed by atoms with Crippen molar-refractivity contribution >= 4 is 23.1 Å². The number of thiophene rings is 1. The van der Waals surface area contributed by atoms with E-state index in [2.05, 4.69) is 10.6 Å². The van der Waals surface area contributed by atoms with Gasteiger partial charge in [-0.1, -0.05) is 24.3 Å². The summed E-state index contributed by atoms with van der Waals surface area (Å²) >= 11 is 1.65. The summed E-state index contributed by atoms with van der Waals surface area (Å²) in [5.74, 6) is 0. The first-order chi connectivity index (χ1) is 10.7. The lowest BCUT2D eigenvalue weighted by molar-refractivity contribution is 0.118. The highest BCUT2D eigenvalue weighted by molar-refractivity contribution is 7.13. The number of aliphatic hydroxyl groups excluding tert-OH is 1. The lowest BCUT2D eigenvalue weighted by Gasteiger charge is -2.26. The van der Waals surface area contributed by atoms with Gasteiger partial charge in [0.25, 0.3) is 0 Å². The van der Waals surface area contributed by atoms with Gasteiger partial charge in [0.1, 0.15) is 0 Å². The van der Waals surface area contributed by atoms with Crippen molar-refractivity contribution in [3.63, 3.8) is 0 Å². The second-order valence-electron chi connectivity index (χ2n) is 5.63. The molecule has 1 aliphatic rings. The summed E-state index contributed by atoms with van der Waals surface area (Å²) in [4.78, 5) is 13.3. The molecule has 0 atom stereocenters. The molecule has 5 heteroatoms. The maximum Gasteiger partial charge on any atom is 0.319 e. The molecule has 0 aliphatic heterocycles. The first-order valence-electron chi connectivity index (χ1n) is 7.61. The van der Waals surface area contributed by atoms with Gasteiger partial charge in [-0.25, -0.2) is 4.79 Å². The Kier molecular flexibility index (Phi) is 4.75. The molecule has 1 heterocycles. The number of hydrogen-bond donors (Lipinski definition) is 3. The smallest absolute Gasteiger partial charge is 0.319 e. The van der Waals surface area contributed by atoms with Crippen LogP contribution in [0.5, 0.6) is 0 Å². The van der Waals surface area contributed by atoms with Gasteiger partial charge < -0.3 is 15.7 Å². The van der Waals surface area contributed by atoms with Crippen LogP contribution in [0, 0.1) is 0 Å². The van der Waals surface area contributed by atoms with Crippen LogP contribution in [0.2, 0.25) is 0 Å². The molecule has 0 bridgehead atoms. The average molecular weight is 316 g/mol. The molecule has 0 saturated heterocycles. The van der Waals surface area contributed by atoms with Crippen molar-refractivity contribution in [3.05, 3.63) is 41.8 Å². The Balaban J connectivity index is 1.65. The van der Waals surface area contributed by atoms with Crippen molar-refractivity contribution in [3.8, 4) is 10.4 Å². The molecule has 22 heavy (non-hydrogen) atoms. The minimum atomic E-state index is -0.208. The third kappa shape index (κ3) is 3.67. The van der Waals surface area contributed by atoms with Gasteiger partial charge in [-0.3, -0.25) is 0 Å². The van der Waals surface area contributed by atoms with Crippen LogP contribution < -0.4 is 10.6 Å². The number of nitrogens with one attached hydrogen (secondary N) is 2. The molecule has 1 saturated carbocycles. The highest BCUT2D eigenvalue weighted by Gasteiger charge is 2.21. The molecule has 0 spiro atoms. The zero-order valence-corrected chi connectivity index (χ0v) is 13.1. The van der Waals surface area contributed by atoms with Crippen molar-refractivity contribution < 1.29 is 9.90 Å². The summed E-state index contributed by atoms with van der Waals surface area (Å²) in [5.41, 5.74) is 1.85. The Morgan fingerprint density at radius 3 is 2.59 bits per heavy atom. The Hall–Kier alpha value is -1.85. The number of benzene rings is 1. The van der Waals surface area contributed by atoms with Crippen LogP contribution in [0.15, 0.2) is 41.8 Å². The third-order valence-electron chi connectivity index (χ3n) is 3.99. The van der Waals surface area contributed by atoms with Gasteiger partial charge in [-0.05, 0) is 43.2 Å². The Morgan fingerprint density at radius 1 is 1.09 bits per heavy atom. The topological polar surface area (TPSA) is 61.4 Å². The van der Waals surface area contributed by atoms with E-state index >= 15 is 0 Å². The van der Waals surface area contributed by atoms with Gasteiger partial charge in [0.2, 0.25) is 0 Å². The number of carbonyl (C=O) groups is 1. The Morgan fingerprint density at radius 2 is 1.86 bits per heavy atom. The van der Waals surface area contributed by atoms with Crippen LogP contribution in [-0.4, -0.2) is 23.3 Å². The quantitative estimate of drug-likeness (QED) is 0.805. The highest BCUT2D eigenvalue weighted by atomic mass is 32.1. The van der Waals surface area contributed by atoms with Gasteiger partial charge >= 0.3 is 6.03 Å². The number of carbonyl (C=O) groups excluding carboxylic acids is 1. The predicted octanol–water partition coefficient (Wildman–Crippen LogP) is 3.84.